The number of carbonyl (C=O) groups is 1. The summed E-state index contributed by atoms with van der Waals surface area (Å²) >= 11 is 3.14. The van der Waals surface area contributed by atoms with E-state index in [1.807, 2.05) is 19.1 Å². The first-order chi connectivity index (χ1) is 9.04. The number of amides is 1. The first-order valence-corrected chi connectivity index (χ1v) is 6.44. The smallest absolute Gasteiger partial charge is 0.272 e. The Morgan fingerprint density at radius 1 is 1.63 bits per heavy atom. The Hall–Kier alpha value is -1.71. The third-order valence-electron chi connectivity index (χ3n) is 2.54. The number of nitrogens with zero attached hydrogens (tertiary/aromatic N) is 3. The van der Waals surface area contributed by atoms with Crippen molar-refractivity contribution in [3.05, 3.63) is 28.4 Å². The van der Waals surface area contributed by atoms with Crippen molar-refractivity contribution in [1.82, 2.24) is 9.88 Å². The molecule has 1 heterocycles. The van der Waals surface area contributed by atoms with Crippen LogP contribution in [0.1, 0.15) is 17.4 Å². The third kappa shape index (κ3) is 3.63. The van der Waals surface area contributed by atoms with Crippen LogP contribution in [0.25, 0.3) is 10.6 Å². The molecule has 1 amide bonds. The Labute approximate surface area is 119 Å². The van der Waals surface area contributed by atoms with Crippen molar-refractivity contribution in [3.63, 3.8) is 0 Å². The van der Waals surface area contributed by atoms with Gasteiger partial charge in [0.05, 0.1) is 12.0 Å². The van der Waals surface area contributed by atoms with Crippen LogP contribution >= 0.6 is 15.9 Å². The van der Waals surface area contributed by atoms with Gasteiger partial charge in [0.1, 0.15) is 16.2 Å². The molecular formula is C13H14BrN3O2. The monoisotopic (exact) mass is 323 g/mol. The Kier molecular flexibility index (Phi) is 5.67. The summed E-state index contributed by atoms with van der Waals surface area (Å²) in [6.07, 6.45) is 1.81. The van der Waals surface area contributed by atoms with Crippen molar-refractivity contribution in [2.45, 2.75) is 6.92 Å². The number of halogens is 1. The van der Waals surface area contributed by atoms with Crippen LogP contribution in [0.4, 0.5) is 0 Å². The molecule has 0 unspecified atom stereocenters. The molecule has 5 nitrogen and oxygen atoms in total. The lowest BCUT2D eigenvalue weighted by atomic mass is 10.2. The number of carbonyl (C=O) groups excluding carboxylic acids is 1. The molecule has 0 aromatic carbocycles. The minimum Gasteiger partial charge on any atom is -0.395 e. The van der Waals surface area contributed by atoms with Crippen molar-refractivity contribution in [1.29, 1.82) is 5.26 Å². The number of nitriles is 1. The molecule has 0 saturated carbocycles. The van der Waals surface area contributed by atoms with E-state index in [4.69, 9.17) is 10.4 Å². The minimum atomic E-state index is -0.295. The zero-order valence-corrected chi connectivity index (χ0v) is 12.3. The summed E-state index contributed by atoms with van der Waals surface area (Å²) < 4.78 is 0.278. The summed E-state index contributed by atoms with van der Waals surface area (Å²) in [4.78, 5) is 17.6. The third-order valence-corrected chi connectivity index (χ3v) is 3.10. The number of hydrogen-bond acceptors (Lipinski definition) is 4. The van der Waals surface area contributed by atoms with E-state index in [9.17, 15) is 4.79 Å². The predicted octanol–water partition coefficient (Wildman–Crippen LogP) is -0.0270. The van der Waals surface area contributed by atoms with Crippen LogP contribution in [0, 0.1) is 11.3 Å². The summed E-state index contributed by atoms with van der Waals surface area (Å²) in [5.41, 5.74) is 0.240. The quantitative estimate of drug-likeness (QED) is 0.847. The number of pyridine rings is 1. The molecule has 0 radical (unpaired) electrons. The average molecular weight is 324 g/mol. The molecule has 0 saturated heterocycles. The molecule has 1 rings (SSSR count). The van der Waals surface area contributed by atoms with Crippen molar-refractivity contribution < 1.29 is 9.90 Å². The Balaban J connectivity index is 3.37. The van der Waals surface area contributed by atoms with E-state index in [0.29, 0.717) is 5.35 Å². The predicted molar refractivity (Wildman–Crippen MR) is 75.6 cm³/mol. The fraction of sp³-hybridized carbons (Fsp3) is 0.308. The number of aliphatic hydroxyl groups excluding tert-OH is 1. The number of aliphatic hydroxyl groups is 1. The second-order valence-corrected chi connectivity index (χ2v) is 4.59. The number of aromatic nitrogens is 1. The molecule has 6 heteroatoms. The largest absolute Gasteiger partial charge is 0.395 e. The van der Waals surface area contributed by atoms with Crippen LogP contribution < -0.4 is 10.6 Å². The van der Waals surface area contributed by atoms with Crippen LogP contribution in [0.2, 0.25) is 0 Å². The fourth-order valence-corrected chi connectivity index (χ4v) is 1.82. The highest BCUT2D eigenvalue weighted by Gasteiger charge is 2.12. The molecule has 0 fully saturated rings. The first-order valence-electron chi connectivity index (χ1n) is 5.64. The number of hydrogen-bond donors (Lipinski definition) is 1. The highest BCUT2D eigenvalue weighted by Crippen LogP contribution is 2.00. The molecular weight excluding hydrogens is 310 g/mol. The van der Waals surface area contributed by atoms with Gasteiger partial charge in [-0.25, -0.2) is 4.98 Å². The molecule has 0 aliphatic heterocycles. The van der Waals surface area contributed by atoms with Gasteiger partial charge < -0.3 is 10.0 Å². The molecule has 0 aliphatic rings. The molecule has 1 aromatic rings. The van der Waals surface area contributed by atoms with Crippen LogP contribution in [-0.2, 0) is 0 Å². The number of rotatable bonds is 3. The molecule has 19 heavy (non-hydrogen) atoms. The first kappa shape index (κ1) is 15.3. The van der Waals surface area contributed by atoms with Crippen LogP contribution in [0.5, 0.6) is 0 Å². The summed E-state index contributed by atoms with van der Waals surface area (Å²) in [7, 11) is 1.59. The zero-order chi connectivity index (χ0) is 14.4. The Bertz CT molecular complexity index is 634. The maximum atomic E-state index is 12.0. The molecule has 0 bridgehead atoms. The van der Waals surface area contributed by atoms with E-state index >= 15 is 0 Å². The molecule has 0 atom stereocenters. The number of likely N-dealkylation sites (N-methyl/N-ethyl adjacent to an activating group) is 1. The van der Waals surface area contributed by atoms with Crippen LogP contribution in [0.15, 0.2) is 12.1 Å². The van der Waals surface area contributed by atoms with Gasteiger partial charge in [-0.3, -0.25) is 4.79 Å². The van der Waals surface area contributed by atoms with Crippen LogP contribution in [-0.4, -0.2) is 41.1 Å². The van der Waals surface area contributed by atoms with E-state index in [1.54, 1.807) is 19.2 Å². The maximum Gasteiger partial charge on any atom is 0.272 e. The van der Waals surface area contributed by atoms with E-state index < -0.39 is 0 Å². The molecule has 100 valence electrons. The summed E-state index contributed by atoms with van der Waals surface area (Å²) in [5.74, 6) is -0.295. The maximum absolute atomic E-state index is 12.0. The lowest BCUT2D eigenvalue weighted by Crippen LogP contribution is -2.35. The van der Waals surface area contributed by atoms with E-state index in [0.717, 1.165) is 5.22 Å². The van der Waals surface area contributed by atoms with Gasteiger partial charge >= 0.3 is 0 Å². The van der Waals surface area contributed by atoms with Crippen molar-refractivity contribution >= 4 is 32.4 Å². The highest BCUT2D eigenvalue weighted by molar-refractivity contribution is 9.15. The average Bonchev–Trinajstić information content (AvgIpc) is 2.45. The highest BCUT2D eigenvalue weighted by atomic mass is 79.9. The fourth-order valence-electron chi connectivity index (χ4n) is 1.50. The van der Waals surface area contributed by atoms with Crippen LogP contribution in [0.3, 0.4) is 0 Å². The Morgan fingerprint density at radius 3 is 2.84 bits per heavy atom. The lowest BCUT2D eigenvalue weighted by molar-refractivity contribution is 0.0761. The van der Waals surface area contributed by atoms with Gasteiger partial charge in [0.15, 0.2) is 0 Å². The van der Waals surface area contributed by atoms with E-state index in [1.165, 1.54) is 4.90 Å². The van der Waals surface area contributed by atoms with Gasteiger partial charge in [-0.05, 0) is 34.1 Å². The Morgan fingerprint density at radius 2 is 2.32 bits per heavy atom. The van der Waals surface area contributed by atoms with Gasteiger partial charge in [-0.1, -0.05) is 12.1 Å². The lowest BCUT2D eigenvalue weighted by Gasteiger charge is -2.14. The van der Waals surface area contributed by atoms with Gasteiger partial charge in [0.2, 0.25) is 0 Å². The summed E-state index contributed by atoms with van der Waals surface area (Å²) in [6, 6.07) is 5.30. The van der Waals surface area contributed by atoms with Gasteiger partial charge in [-0.2, -0.15) is 5.26 Å². The van der Waals surface area contributed by atoms with Gasteiger partial charge in [0.25, 0.3) is 5.91 Å². The van der Waals surface area contributed by atoms with Gasteiger partial charge in [-0.15, -0.1) is 0 Å². The summed E-state index contributed by atoms with van der Waals surface area (Å²) in [6.45, 7) is 1.96. The normalized spacial score (nSPS) is 12.9. The van der Waals surface area contributed by atoms with Crippen molar-refractivity contribution in [2.75, 3.05) is 20.2 Å². The zero-order valence-electron chi connectivity index (χ0n) is 10.7. The molecule has 0 spiro atoms. The second kappa shape index (κ2) is 7.02. The van der Waals surface area contributed by atoms with E-state index in [2.05, 4.69) is 20.9 Å². The van der Waals surface area contributed by atoms with Gasteiger partial charge in [0, 0.05) is 13.6 Å². The van der Waals surface area contributed by atoms with Crippen molar-refractivity contribution in [3.8, 4) is 6.07 Å². The second-order valence-electron chi connectivity index (χ2n) is 3.80. The molecule has 1 N–H and O–H groups in total. The topological polar surface area (TPSA) is 77.2 Å². The summed E-state index contributed by atoms with van der Waals surface area (Å²) in [5, 5.41) is 18.9. The molecule has 1 aromatic heterocycles. The standard InChI is InChI=1S/C13H14BrN3O2/c1-3-9-4-5-11(13(19)17(2)6-7-18)16-12(9)10(14)8-15/h3-5,18H,6-7H2,1-2H3/b9-3-,12-10-. The SMILES string of the molecule is C/C=c1/ccc(C(=O)N(C)CCO)n/c1=C(\Br)C#N. The van der Waals surface area contributed by atoms with Crippen molar-refractivity contribution in [2.24, 2.45) is 0 Å². The minimum absolute atomic E-state index is 0.107. The van der Waals surface area contributed by atoms with E-state index in [-0.39, 0.29) is 29.2 Å². The molecule has 0 aliphatic carbocycles.